The number of fused-ring (bicyclic) bond motifs is 1. The molecule has 0 unspecified atom stereocenters. The number of rotatable bonds is 3. The normalized spacial score (nSPS) is 16.3. The van der Waals surface area contributed by atoms with Gasteiger partial charge in [0.1, 0.15) is 0 Å². The molecule has 0 radical (unpaired) electrons. The van der Waals surface area contributed by atoms with E-state index in [0.29, 0.717) is 6.04 Å². The predicted molar refractivity (Wildman–Crippen MR) is 90.5 cm³/mol. The Morgan fingerprint density at radius 2 is 2.10 bits per heavy atom. The monoisotopic (exact) mass is 302 g/mol. The van der Waals surface area contributed by atoms with E-state index in [9.17, 15) is 0 Å². The maximum absolute atomic E-state index is 5.45. The van der Waals surface area contributed by atoms with Crippen LogP contribution in [0.4, 0.5) is 0 Å². The van der Waals surface area contributed by atoms with Gasteiger partial charge in [-0.3, -0.25) is 0 Å². The number of thiocarbonyl (C=S) groups is 1. The fraction of sp³-hybridized carbons (Fsp3) is 0.500. The molecule has 0 aliphatic carbocycles. The Balaban J connectivity index is 1.64. The highest BCUT2D eigenvalue weighted by atomic mass is 32.1. The van der Waals surface area contributed by atoms with Crippen molar-refractivity contribution in [3.63, 3.8) is 0 Å². The van der Waals surface area contributed by atoms with Crippen molar-refractivity contribution in [1.82, 2.24) is 19.8 Å². The lowest BCUT2D eigenvalue weighted by Gasteiger charge is -2.34. The van der Waals surface area contributed by atoms with Gasteiger partial charge in [0.05, 0.1) is 17.4 Å². The molecule has 112 valence electrons. The minimum absolute atomic E-state index is 0.530. The highest BCUT2D eigenvalue weighted by molar-refractivity contribution is 7.80. The van der Waals surface area contributed by atoms with Crippen LogP contribution in [-0.2, 0) is 0 Å². The van der Waals surface area contributed by atoms with Crippen LogP contribution >= 0.6 is 12.2 Å². The van der Waals surface area contributed by atoms with Gasteiger partial charge in [-0.15, -0.1) is 0 Å². The van der Waals surface area contributed by atoms with Gasteiger partial charge in [-0.25, -0.2) is 4.98 Å². The zero-order valence-electron chi connectivity index (χ0n) is 12.5. The summed E-state index contributed by atoms with van der Waals surface area (Å²) in [6.45, 7) is 5.16. The largest absolute Gasteiger partial charge is 0.363 e. The summed E-state index contributed by atoms with van der Waals surface area (Å²) in [5.41, 5.74) is 2.32. The molecule has 2 heterocycles. The zero-order valence-corrected chi connectivity index (χ0v) is 13.3. The highest BCUT2D eigenvalue weighted by Crippen LogP contribution is 2.26. The van der Waals surface area contributed by atoms with Crippen LogP contribution < -0.4 is 5.32 Å². The van der Waals surface area contributed by atoms with E-state index in [1.165, 1.54) is 5.52 Å². The van der Waals surface area contributed by atoms with Crippen molar-refractivity contribution in [2.45, 2.75) is 32.2 Å². The van der Waals surface area contributed by atoms with Gasteiger partial charge in [-0.1, -0.05) is 19.1 Å². The van der Waals surface area contributed by atoms with Gasteiger partial charge in [0.15, 0.2) is 5.11 Å². The molecule has 1 aliphatic rings. The number of likely N-dealkylation sites (tertiary alicyclic amines) is 1. The number of nitrogens with one attached hydrogen (secondary N) is 1. The summed E-state index contributed by atoms with van der Waals surface area (Å²) in [4.78, 5) is 6.79. The number of benzene rings is 1. The maximum atomic E-state index is 5.45. The molecule has 0 spiro atoms. The summed E-state index contributed by atoms with van der Waals surface area (Å²) in [6.07, 6.45) is 5.33. The van der Waals surface area contributed by atoms with E-state index in [2.05, 4.69) is 44.9 Å². The number of nitrogens with zero attached hydrogens (tertiary/aromatic N) is 3. The molecule has 0 amide bonds. The molecule has 0 saturated carbocycles. The van der Waals surface area contributed by atoms with Crippen LogP contribution in [0, 0.1) is 0 Å². The van der Waals surface area contributed by atoms with Crippen LogP contribution in [0.3, 0.4) is 0 Å². The van der Waals surface area contributed by atoms with E-state index >= 15 is 0 Å². The summed E-state index contributed by atoms with van der Waals surface area (Å²) in [6, 6.07) is 8.88. The molecular weight excluding hydrogens is 280 g/mol. The third-order valence-corrected chi connectivity index (χ3v) is 4.55. The Morgan fingerprint density at radius 3 is 2.86 bits per heavy atom. The zero-order chi connectivity index (χ0) is 14.7. The topological polar surface area (TPSA) is 33.1 Å². The average molecular weight is 302 g/mol. The standard InChI is InChI=1S/C16H22N4S/c1-2-9-17-16(21)19-10-7-13(8-11-19)20-12-18-14-5-3-4-6-15(14)20/h3-6,12-13H,2,7-11H2,1H3,(H,17,21). The van der Waals surface area contributed by atoms with E-state index in [-0.39, 0.29) is 0 Å². The Hall–Kier alpha value is -1.62. The number of hydrogen-bond donors (Lipinski definition) is 1. The second-order valence-electron chi connectivity index (χ2n) is 5.59. The minimum Gasteiger partial charge on any atom is -0.363 e. The molecule has 1 aliphatic heterocycles. The first-order valence-electron chi connectivity index (χ1n) is 7.74. The number of hydrogen-bond acceptors (Lipinski definition) is 2. The van der Waals surface area contributed by atoms with Crippen molar-refractivity contribution >= 4 is 28.4 Å². The fourth-order valence-corrected chi connectivity index (χ4v) is 3.24. The molecular formula is C16H22N4S. The van der Waals surface area contributed by atoms with Crippen molar-refractivity contribution in [1.29, 1.82) is 0 Å². The number of aromatic nitrogens is 2. The smallest absolute Gasteiger partial charge is 0.168 e. The molecule has 21 heavy (non-hydrogen) atoms. The van der Waals surface area contributed by atoms with Gasteiger partial charge in [0.25, 0.3) is 0 Å². The summed E-state index contributed by atoms with van der Waals surface area (Å²) < 4.78 is 2.33. The lowest BCUT2D eigenvalue weighted by molar-refractivity contribution is 0.267. The molecule has 1 saturated heterocycles. The Kier molecular flexibility index (Phi) is 4.39. The van der Waals surface area contributed by atoms with Crippen LogP contribution in [0.25, 0.3) is 11.0 Å². The maximum Gasteiger partial charge on any atom is 0.168 e. The summed E-state index contributed by atoms with van der Waals surface area (Å²) in [5.74, 6) is 0. The van der Waals surface area contributed by atoms with Gasteiger partial charge in [-0.05, 0) is 43.6 Å². The van der Waals surface area contributed by atoms with Gasteiger partial charge in [0.2, 0.25) is 0 Å². The summed E-state index contributed by atoms with van der Waals surface area (Å²) >= 11 is 5.45. The van der Waals surface area contributed by atoms with Gasteiger partial charge < -0.3 is 14.8 Å². The second kappa shape index (κ2) is 6.43. The molecule has 1 aromatic heterocycles. The third kappa shape index (κ3) is 3.02. The van der Waals surface area contributed by atoms with Gasteiger partial charge in [-0.2, -0.15) is 0 Å². The molecule has 0 bridgehead atoms. The molecule has 1 aromatic carbocycles. The molecule has 1 N–H and O–H groups in total. The first kappa shape index (κ1) is 14.3. The van der Waals surface area contributed by atoms with E-state index in [1.807, 2.05) is 12.4 Å². The van der Waals surface area contributed by atoms with Gasteiger partial charge >= 0.3 is 0 Å². The predicted octanol–water partition coefficient (Wildman–Crippen LogP) is 2.96. The van der Waals surface area contributed by atoms with Crippen molar-refractivity contribution in [2.24, 2.45) is 0 Å². The van der Waals surface area contributed by atoms with Crippen molar-refractivity contribution in [2.75, 3.05) is 19.6 Å². The average Bonchev–Trinajstić information content (AvgIpc) is 2.97. The van der Waals surface area contributed by atoms with Crippen LogP contribution in [0.2, 0.25) is 0 Å². The molecule has 3 rings (SSSR count). The van der Waals surface area contributed by atoms with E-state index in [0.717, 1.165) is 49.5 Å². The van der Waals surface area contributed by atoms with Crippen LogP contribution in [0.1, 0.15) is 32.2 Å². The van der Waals surface area contributed by atoms with E-state index in [1.54, 1.807) is 0 Å². The van der Waals surface area contributed by atoms with Crippen molar-refractivity contribution in [3.05, 3.63) is 30.6 Å². The summed E-state index contributed by atoms with van der Waals surface area (Å²) in [5, 5.41) is 4.23. The lowest BCUT2D eigenvalue weighted by Crippen LogP contribution is -2.44. The number of imidazole rings is 1. The Morgan fingerprint density at radius 1 is 1.33 bits per heavy atom. The van der Waals surface area contributed by atoms with Crippen molar-refractivity contribution in [3.8, 4) is 0 Å². The molecule has 1 fully saturated rings. The quantitative estimate of drug-likeness (QED) is 0.884. The first-order valence-corrected chi connectivity index (χ1v) is 8.14. The molecule has 0 atom stereocenters. The fourth-order valence-electron chi connectivity index (χ4n) is 2.96. The van der Waals surface area contributed by atoms with Crippen LogP contribution in [0.15, 0.2) is 30.6 Å². The van der Waals surface area contributed by atoms with E-state index in [4.69, 9.17) is 12.2 Å². The Bertz CT molecular complexity index is 614. The Labute approximate surface area is 131 Å². The molecule has 5 heteroatoms. The highest BCUT2D eigenvalue weighted by Gasteiger charge is 2.22. The molecule has 4 nitrogen and oxygen atoms in total. The first-order chi connectivity index (χ1) is 10.3. The number of para-hydroxylation sites is 2. The van der Waals surface area contributed by atoms with Crippen molar-refractivity contribution < 1.29 is 0 Å². The SMILES string of the molecule is CCCNC(=S)N1CCC(n2cnc3ccccc32)CC1. The van der Waals surface area contributed by atoms with Gasteiger partial charge in [0, 0.05) is 25.7 Å². The molecule has 2 aromatic rings. The summed E-state index contributed by atoms with van der Waals surface area (Å²) in [7, 11) is 0. The minimum atomic E-state index is 0.530. The van der Waals surface area contributed by atoms with Crippen LogP contribution in [-0.4, -0.2) is 39.2 Å². The third-order valence-electron chi connectivity index (χ3n) is 4.15. The second-order valence-corrected chi connectivity index (χ2v) is 5.98. The lowest BCUT2D eigenvalue weighted by atomic mass is 10.0. The number of piperidine rings is 1. The van der Waals surface area contributed by atoms with E-state index < -0.39 is 0 Å². The van der Waals surface area contributed by atoms with Crippen LogP contribution in [0.5, 0.6) is 0 Å².